The van der Waals surface area contributed by atoms with E-state index in [1.54, 1.807) is 24.5 Å². The molecule has 0 aliphatic carbocycles. The van der Waals surface area contributed by atoms with Crippen molar-refractivity contribution in [3.8, 4) is 5.75 Å². The minimum absolute atomic E-state index is 0.490. The van der Waals surface area contributed by atoms with Gasteiger partial charge in [-0.2, -0.15) is 0 Å². The molecule has 7 heteroatoms. The molecular formula is C16H16N6O. The van der Waals surface area contributed by atoms with Crippen LogP contribution in [0.3, 0.4) is 0 Å². The number of anilines is 3. The van der Waals surface area contributed by atoms with Crippen molar-refractivity contribution in [3.05, 3.63) is 61.2 Å². The summed E-state index contributed by atoms with van der Waals surface area (Å²) in [5.74, 6) is 2.66. The van der Waals surface area contributed by atoms with Crippen LogP contribution in [0, 0.1) is 0 Å². The summed E-state index contributed by atoms with van der Waals surface area (Å²) in [6.45, 7) is 1.17. The smallest absolute Gasteiger partial charge is 0.228 e. The molecule has 0 spiro atoms. The summed E-state index contributed by atoms with van der Waals surface area (Å²) in [7, 11) is 0. The number of rotatable bonds is 7. The first kappa shape index (κ1) is 14.7. The lowest BCUT2D eigenvalue weighted by molar-refractivity contribution is 0.333. The lowest BCUT2D eigenvalue weighted by Crippen LogP contribution is -2.12. The van der Waals surface area contributed by atoms with Crippen molar-refractivity contribution >= 4 is 17.6 Å². The molecule has 3 rings (SSSR count). The molecule has 0 bridgehead atoms. The standard InChI is InChI=1S/C16H16N6O/c1-2-5-13(6-3-1)23-10-9-17-14-11-15(21-12-20-14)22-16-18-7-4-8-19-16/h1-8,11-12H,9-10H2,(H2,17,18,19,20,21,22). The average Bonchev–Trinajstić information content (AvgIpc) is 2.61. The van der Waals surface area contributed by atoms with Crippen LogP contribution in [0.25, 0.3) is 0 Å². The molecule has 0 atom stereocenters. The van der Waals surface area contributed by atoms with Crippen molar-refractivity contribution < 1.29 is 4.74 Å². The fourth-order valence-corrected chi connectivity index (χ4v) is 1.87. The van der Waals surface area contributed by atoms with Crippen LogP contribution >= 0.6 is 0 Å². The molecule has 0 aliphatic rings. The molecule has 116 valence electrons. The quantitative estimate of drug-likeness (QED) is 0.649. The molecule has 2 aromatic heterocycles. The van der Waals surface area contributed by atoms with Gasteiger partial charge >= 0.3 is 0 Å². The maximum atomic E-state index is 5.61. The van der Waals surface area contributed by atoms with Crippen LogP contribution < -0.4 is 15.4 Å². The van der Waals surface area contributed by atoms with E-state index in [0.29, 0.717) is 30.7 Å². The largest absolute Gasteiger partial charge is 0.492 e. The van der Waals surface area contributed by atoms with Crippen LogP contribution in [0.4, 0.5) is 17.6 Å². The van der Waals surface area contributed by atoms with Gasteiger partial charge < -0.3 is 15.4 Å². The number of aromatic nitrogens is 4. The molecule has 0 radical (unpaired) electrons. The maximum Gasteiger partial charge on any atom is 0.228 e. The summed E-state index contributed by atoms with van der Waals surface area (Å²) in [5, 5.41) is 6.20. The Balaban J connectivity index is 1.49. The number of hydrogen-bond acceptors (Lipinski definition) is 7. The first-order valence-corrected chi connectivity index (χ1v) is 7.18. The van der Waals surface area contributed by atoms with Gasteiger partial charge in [0.05, 0.1) is 6.54 Å². The van der Waals surface area contributed by atoms with Gasteiger partial charge in [0.25, 0.3) is 0 Å². The molecule has 2 heterocycles. The van der Waals surface area contributed by atoms with Gasteiger partial charge in [-0.15, -0.1) is 0 Å². The second kappa shape index (κ2) is 7.69. The van der Waals surface area contributed by atoms with Crippen LogP contribution in [0.2, 0.25) is 0 Å². The first-order chi connectivity index (χ1) is 11.4. The topological polar surface area (TPSA) is 84.9 Å². The van der Waals surface area contributed by atoms with Gasteiger partial charge in [-0.25, -0.2) is 19.9 Å². The van der Waals surface area contributed by atoms with E-state index in [1.807, 2.05) is 30.3 Å². The van der Waals surface area contributed by atoms with E-state index >= 15 is 0 Å². The lowest BCUT2D eigenvalue weighted by atomic mass is 10.3. The number of nitrogens with one attached hydrogen (secondary N) is 2. The van der Waals surface area contributed by atoms with Crippen molar-refractivity contribution in [1.82, 2.24) is 19.9 Å². The zero-order valence-corrected chi connectivity index (χ0v) is 12.4. The van der Waals surface area contributed by atoms with E-state index in [0.717, 1.165) is 5.75 Å². The van der Waals surface area contributed by atoms with Crippen LogP contribution in [0.15, 0.2) is 61.2 Å². The highest BCUT2D eigenvalue weighted by Gasteiger charge is 2.01. The molecule has 0 amide bonds. The fourth-order valence-electron chi connectivity index (χ4n) is 1.87. The third-order valence-corrected chi connectivity index (χ3v) is 2.89. The molecule has 3 aromatic rings. The van der Waals surface area contributed by atoms with Gasteiger partial charge in [0.2, 0.25) is 5.95 Å². The van der Waals surface area contributed by atoms with E-state index in [2.05, 4.69) is 30.6 Å². The second-order valence-electron chi connectivity index (χ2n) is 4.57. The SMILES string of the molecule is c1ccc(OCCNc2cc(Nc3ncccn3)ncn2)cc1. The summed E-state index contributed by atoms with van der Waals surface area (Å²) in [4.78, 5) is 16.5. The van der Waals surface area contributed by atoms with Crippen LogP contribution in [0.5, 0.6) is 5.75 Å². The Morgan fingerprint density at radius 2 is 1.65 bits per heavy atom. The number of benzene rings is 1. The van der Waals surface area contributed by atoms with Crippen molar-refractivity contribution in [1.29, 1.82) is 0 Å². The van der Waals surface area contributed by atoms with Crippen LogP contribution in [-0.2, 0) is 0 Å². The normalized spacial score (nSPS) is 10.1. The van der Waals surface area contributed by atoms with E-state index in [1.165, 1.54) is 6.33 Å². The Morgan fingerprint density at radius 3 is 2.48 bits per heavy atom. The lowest BCUT2D eigenvalue weighted by Gasteiger charge is -2.09. The number of ether oxygens (including phenoxy) is 1. The summed E-state index contributed by atoms with van der Waals surface area (Å²) in [6, 6.07) is 13.2. The third-order valence-electron chi connectivity index (χ3n) is 2.89. The van der Waals surface area contributed by atoms with Gasteiger partial charge in [0.15, 0.2) is 0 Å². The monoisotopic (exact) mass is 308 g/mol. The molecule has 7 nitrogen and oxygen atoms in total. The van der Waals surface area contributed by atoms with Gasteiger partial charge in [-0.05, 0) is 18.2 Å². The van der Waals surface area contributed by atoms with Crippen molar-refractivity contribution in [2.75, 3.05) is 23.8 Å². The third kappa shape index (κ3) is 4.63. The highest BCUT2D eigenvalue weighted by molar-refractivity contribution is 5.52. The molecule has 23 heavy (non-hydrogen) atoms. The summed E-state index contributed by atoms with van der Waals surface area (Å²) < 4.78 is 5.61. The molecule has 1 aromatic carbocycles. The Morgan fingerprint density at radius 1 is 0.870 bits per heavy atom. The molecule has 2 N–H and O–H groups in total. The van der Waals surface area contributed by atoms with E-state index in [9.17, 15) is 0 Å². The highest BCUT2D eigenvalue weighted by atomic mass is 16.5. The Bertz CT molecular complexity index is 723. The average molecular weight is 308 g/mol. The van der Waals surface area contributed by atoms with Crippen LogP contribution in [-0.4, -0.2) is 33.1 Å². The van der Waals surface area contributed by atoms with Gasteiger partial charge in [-0.3, -0.25) is 0 Å². The molecule has 0 saturated heterocycles. The van der Waals surface area contributed by atoms with Crippen molar-refractivity contribution in [3.63, 3.8) is 0 Å². The Hall–Kier alpha value is -3.22. The van der Waals surface area contributed by atoms with Gasteiger partial charge in [-0.1, -0.05) is 18.2 Å². The predicted molar refractivity (Wildman–Crippen MR) is 87.8 cm³/mol. The molecular weight excluding hydrogens is 292 g/mol. The molecule has 0 fully saturated rings. The number of hydrogen-bond donors (Lipinski definition) is 2. The molecule has 0 aliphatic heterocycles. The summed E-state index contributed by atoms with van der Waals surface area (Å²) >= 11 is 0. The summed E-state index contributed by atoms with van der Waals surface area (Å²) in [5.41, 5.74) is 0. The first-order valence-electron chi connectivity index (χ1n) is 7.18. The zero-order valence-electron chi connectivity index (χ0n) is 12.4. The number of para-hydroxylation sites is 1. The molecule has 0 unspecified atom stereocenters. The van der Waals surface area contributed by atoms with Gasteiger partial charge in [0, 0.05) is 18.5 Å². The minimum atomic E-state index is 0.490. The van der Waals surface area contributed by atoms with E-state index in [-0.39, 0.29) is 0 Å². The Labute approximate surface area is 133 Å². The predicted octanol–water partition coefficient (Wildman–Crippen LogP) is 2.50. The highest BCUT2D eigenvalue weighted by Crippen LogP contribution is 2.12. The minimum Gasteiger partial charge on any atom is -0.492 e. The second-order valence-corrected chi connectivity index (χ2v) is 4.57. The number of nitrogens with zero attached hydrogens (tertiary/aromatic N) is 4. The summed E-state index contributed by atoms with van der Waals surface area (Å²) in [6.07, 6.45) is 4.80. The van der Waals surface area contributed by atoms with Crippen LogP contribution in [0.1, 0.15) is 0 Å². The van der Waals surface area contributed by atoms with Crippen molar-refractivity contribution in [2.45, 2.75) is 0 Å². The van der Waals surface area contributed by atoms with E-state index in [4.69, 9.17) is 4.74 Å². The fraction of sp³-hybridized carbons (Fsp3) is 0.125. The Kier molecular flexibility index (Phi) is 4.92. The molecule has 0 saturated carbocycles. The van der Waals surface area contributed by atoms with E-state index < -0.39 is 0 Å². The van der Waals surface area contributed by atoms with Crippen molar-refractivity contribution in [2.24, 2.45) is 0 Å². The zero-order chi connectivity index (χ0) is 15.7. The maximum absolute atomic E-state index is 5.61. The van der Waals surface area contributed by atoms with Gasteiger partial charge in [0.1, 0.15) is 30.3 Å².